The standard InChI is InChI=1S/C10H6N2O4.C3H4N2/c13-9-5-6-10(14)11(9)7-1-3-8(4-2-7)12(15)16;1-2-4-5-3-1/h1-6H;1-3H,(H,4,5). The summed E-state index contributed by atoms with van der Waals surface area (Å²) in [6.45, 7) is 0. The summed E-state index contributed by atoms with van der Waals surface area (Å²) in [4.78, 5) is 33.4. The van der Waals surface area contributed by atoms with Gasteiger partial charge in [-0.05, 0) is 18.2 Å². The highest BCUT2D eigenvalue weighted by atomic mass is 16.6. The number of nitrogens with zero attached hydrogens (tertiary/aromatic N) is 3. The van der Waals surface area contributed by atoms with Gasteiger partial charge >= 0.3 is 0 Å². The number of hydrogen-bond acceptors (Lipinski definition) is 5. The van der Waals surface area contributed by atoms with Crippen LogP contribution in [0.5, 0.6) is 0 Å². The first-order valence-electron chi connectivity index (χ1n) is 5.84. The summed E-state index contributed by atoms with van der Waals surface area (Å²) in [6.07, 6.45) is 5.77. The number of nitro groups is 1. The maximum Gasteiger partial charge on any atom is 0.269 e. The fourth-order valence-electron chi connectivity index (χ4n) is 1.59. The lowest BCUT2D eigenvalue weighted by atomic mass is 10.2. The van der Waals surface area contributed by atoms with Gasteiger partial charge in [0.25, 0.3) is 17.5 Å². The van der Waals surface area contributed by atoms with Gasteiger partial charge < -0.3 is 0 Å². The number of carbonyl (C=O) groups excluding carboxylic acids is 2. The highest BCUT2D eigenvalue weighted by molar-refractivity contribution is 6.28. The van der Waals surface area contributed by atoms with Gasteiger partial charge in [-0.1, -0.05) is 0 Å². The number of rotatable bonds is 2. The predicted molar refractivity (Wildman–Crippen MR) is 73.3 cm³/mol. The van der Waals surface area contributed by atoms with Crippen molar-refractivity contribution in [1.29, 1.82) is 0 Å². The smallest absolute Gasteiger partial charge is 0.269 e. The van der Waals surface area contributed by atoms with Crippen LogP contribution in [-0.2, 0) is 9.59 Å². The predicted octanol–water partition coefficient (Wildman–Crippen LogP) is 1.43. The van der Waals surface area contributed by atoms with Gasteiger partial charge in [0.05, 0.1) is 10.6 Å². The molecule has 2 aromatic rings. The van der Waals surface area contributed by atoms with Crippen molar-refractivity contribution >= 4 is 23.2 Å². The first-order valence-corrected chi connectivity index (χ1v) is 5.84. The van der Waals surface area contributed by atoms with E-state index in [1.54, 1.807) is 12.4 Å². The Kier molecular flexibility index (Phi) is 4.20. The summed E-state index contributed by atoms with van der Waals surface area (Å²) in [7, 11) is 0. The molecule has 0 aliphatic carbocycles. The van der Waals surface area contributed by atoms with E-state index in [1.807, 2.05) is 6.07 Å². The Hall–Kier alpha value is -3.29. The van der Waals surface area contributed by atoms with Crippen LogP contribution in [-0.4, -0.2) is 26.9 Å². The van der Waals surface area contributed by atoms with Gasteiger partial charge in [0.2, 0.25) is 0 Å². The fourth-order valence-corrected chi connectivity index (χ4v) is 1.59. The molecule has 1 aromatic carbocycles. The molecule has 0 fully saturated rings. The van der Waals surface area contributed by atoms with Crippen LogP contribution in [0.1, 0.15) is 0 Å². The van der Waals surface area contributed by atoms with Crippen molar-refractivity contribution < 1.29 is 14.5 Å². The minimum atomic E-state index is -0.546. The molecule has 0 bridgehead atoms. The van der Waals surface area contributed by atoms with Crippen LogP contribution in [0, 0.1) is 10.1 Å². The Bertz CT molecular complexity index is 641. The third kappa shape index (κ3) is 3.38. The number of carbonyl (C=O) groups is 2. The second-order valence-electron chi connectivity index (χ2n) is 3.89. The van der Waals surface area contributed by atoms with Crippen LogP contribution in [0.15, 0.2) is 54.9 Å². The van der Waals surface area contributed by atoms with Gasteiger partial charge in [-0.2, -0.15) is 5.10 Å². The molecule has 2 amide bonds. The molecular weight excluding hydrogens is 276 g/mol. The van der Waals surface area contributed by atoms with Crippen LogP contribution in [0.3, 0.4) is 0 Å². The molecule has 0 unspecified atom stereocenters. The third-order valence-electron chi connectivity index (χ3n) is 2.53. The molecule has 8 heteroatoms. The highest BCUT2D eigenvalue weighted by Gasteiger charge is 2.25. The topological polar surface area (TPSA) is 109 Å². The summed E-state index contributed by atoms with van der Waals surface area (Å²) in [6, 6.07) is 7.05. The van der Waals surface area contributed by atoms with E-state index in [0.717, 1.165) is 17.1 Å². The van der Waals surface area contributed by atoms with Crippen molar-refractivity contribution in [3.05, 3.63) is 65.0 Å². The van der Waals surface area contributed by atoms with E-state index in [1.165, 1.54) is 24.3 Å². The van der Waals surface area contributed by atoms with Crippen LogP contribution >= 0.6 is 0 Å². The van der Waals surface area contributed by atoms with E-state index in [9.17, 15) is 19.7 Å². The lowest BCUT2D eigenvalue weighted by Crippen LogP contribution is -2.29. The molecule has 2 heterocycles. The highest BCUT2D eigenvalue weighted by Crippen LogP contribution is 2.21. The van der Waals surface area contributed by atoms with Gasteiger partial charge in [0, 0.05) is 36.7 Å². The fraction of sp³-hybridized carbons (Fsp3) is 0. The van der Waals surface area contributed by atoms with Gasteiger partial charge in [-0.25, -0.2) is 4.90 Å². The quantitative estimate of drug-likeness (QED) is 0.510. The summed E-state index contributed by atoms with van der Waals surface area (Å²) >= 11 is 0. The van der Waals surface area contributed by atoms with Crippen LogP contribution in [0.4, 0.5) is 11.4 Å². The molecule has 0 spiro atoms. The number of anilines is 1. The monoisotopic (exact) mass is 286 g/mol. The maximum atomic E-state index is 11.3. The second kappa shape index (κ2) is 6.24. The molecule has 0 radical (unpaired) electrons. The van der Waals surface area contributed by atoms with Crippen molar-refractivity contribution in [2.45, 2.75) is 0 Å². The number of nitro benzene ring substituents is 1. The number of nitrogens with one attached hydrogen (secondary N) is 1. The third-order valence-corrected chi connectivity index (χ3v) is 2.53. The average Bonchev–Trinajstić information content (AvgIpc) is 3.13. The van der Waals surface area contributed by atoms with Crippen molar-refractivity contribution in [3.8, 4) is 0 Å². The summed E-state index contributed by atoms with van der Waals surface area (Å²) in [5, 5.41) is 16.6. The first kappa shape index (κ1) is 14.1. The number of imide groups is 1. The number of aromatic nitrogens is 2. The van der Waals surface area contributed by atoms with Crippen molar-refractivity contribution in [2.75, 3.05) is 4.90 Å². The Balaban J connectivity index is 0.000000272. The van der Waals surface area contributed by atoms with E-state index in [-0.39, 0.29) is 5.69 Å². The molecule has 3 rings (SSSR count). The molecular formula is C13H10N4O4. The molecule has 21 heavy (non-hydrogen) atoms. The molecule has 106 valence electrons. The van der Waals surface area contributed by atoms with Crippen LogP contribution in [0.25, 0.3) is 0 Å². The molecule has 0 saturated carbocycles. The molecule has 0 atom stereocenters. The van der Waals surface area contributed by atoms with Crippen molar-refractivity contribution in [2.24, 2.45) is 0 Å². The van der Waals surface area contributed by atoms with E-state index < -0.39 is 16.7 Å². The molecule has 1 aliphatic heterocycles. The van der Waals surface area contributed by atoms with Gasteiger partial charge in [0.1, 0.15) is 0 Å². The van der Waals surface area contributed by atoms with Gasteiger partial charge in [0.15, 0.2) is 0 Å². The SMILES string of the molecule is O=C1C=CC(=O)N1c1ccc([N+](=O)[O-])cc1.c1cn[nH]c1. The molecule has 1 N–H and O–H groups in total. The second-order valence-corrected chi connectivity index (χ2v) is 3.89. The van der Waals surface area contributed by atoms with E-state index >= 15 is 0 Å². The van der Waals surface area contributed by atoms with Crippen LogP contribution in [0.2, 0.25) is 0 Å². The Labute approximate surface area is 118 Å². The number of hydrogen-bond donors (Lipinski definition) is 1. The molecule has 1 aromatic heterocycles. The van der Waals surface area contributed by atoms with Crippen LogP contribution < -0.4 is 4.90 Å². The van der Waals surface area contributed by atoms with Crippen molar-refractivity contribution in [3.63, 3.8) is 0 Å². The minimum absolute atomic E-state index is 0.0872. The Morgan fingerprint density at radius 3 is 2.10 bits per heavy atom. The zero-order valence-electron chi connectivity index (χ0n) is 10.7. The minimum Gasteiger partial charge on any atom is -0.286 e. The largest absolute Gasteiger partial charge is 0.286 e. The Morgan fingerprint density at radius 1 is 1.10 bits per heavy atom. The Morgan fingerprint density at radius 2 is 1.71 bits per heavy atom. The summed E-state index contributed by atoms with van der Waals surface area (Å²) in [5.74, 6) is -0.891. The lowest BCUT2D eigenvalue weighted by molar-refractivity contribution is -0.384. The number of benzene rings is 1. The maximum absolute atomic E-state index is 11.3. The van der Waals surface area contributed by atoms with E-state index in [4.69, 9.17) is 0 Å². The van der Waals surface area contributed by atoms with E-state index in [2.05, 4.69) is 10.2 Å². The number of aromatic amines is 1. The summed E-state index contributed by atoms with van der Waals surface area (Å²) in [5.41, 5.74) is 0.237. The number of non-ortho nitro benzene ring substituents is 1. The first-order chi connectivity index (χ1) is 10.1. The van der Waals surface area contributed by atoms with E-state index in [0.29, 0.717) is 5.69 Å². The molecule has 8 nitrogen and oxygen atoms in total. The van der Waals surface area contributed by atoms with Crippen molar-refractivity contribution in [1.82, 2.24) is 10.2 Å². The average molecular weight is 286 g/mol. The summed E-state index contributed by atoms with van der Waals surface area (Å²) < 4.78 is 0. The normalized spacial score (nSPS) is 13.0. The van der Waals surface area contributed by atoms with Gasteiger partial charge in [-0.15, -0.1) is 0 Å². The zero-order valence-corrected chi connectivity index (χ0v) is 10.7. The lowest BCUT2D eigenvalue weighted by Gasteiger charge is -2.12. The molecule has 1 aliphatic rings. The zero-order chi connectivity index (χ0) is 15.2. The number of amides is 2. The van der Waals surface area contributed by atoms with Gasteiger partial charge in [-0.3, -0.25) is 24.8 Å². The molecule has 0 saturated heterocycles. The number of H-pyrrole nitrogens is 1.